The third-order valence-electron chi connectivity index (χ3n) is 3.71. The van der Waals surface area contributed by atoms with Gasteiger partial charge < -0.3 is 15.0 Å². The fourth-order valence-corrected chi connectivity index (χ4v) is 2.40. The van der Waals surface area contributed by atoms with Crippen molar-refractivity contribution in [2.45, 2.75) is 38.6 Å². The lowest BCUT2D eigenvalue weighted by Gasteiger charge is -2.33. The Bertz CT molecular complexity index is 167. The molecule has 0 radical (unpaired) electrons. The van der Waals surface area contributed by atoms with Crippen molar-refractivity contribution in [2.24, 2.45) is 5.92 Å². The maximum absolute atomic E-state index is 5.04. The van der Waals surface area contributed by atoms with E-state index in [1.807, 2.05) is 0 Å². The lowest BCUT2D eigenvalue weighted by molar-refractivity contribution is 0.183. The predicted molar refractivity (Wildman–Crippen MR) is 68.8 cm³/mol. The van der Waals surface area contributed by atoms with E-state index in [0.29, 0.717) is 6.04 Å². The second kappa shape index (κ2) is 8.04. The van der Waals surface area contributed by atoms with Gasteiger partial charge in [0.1, 0.15) is 0 Å². The van der Waals surface area contributed by atoms with Crippen LogP contribution in [0.5, 0.6) is 0 Å². The van der Waals surface area contributed by atoms with Crippen molar-refractivity contribution in [1.82, 2.24) is 10.2 Å². The van der Waals surface area contributed by atoms with Crippen LogP contribution in [-0.4, -0.2) is 51.3 Å². The van der Waals surface area contributed by atoms with Gasteiger partial charge in [0.05, 0.1) is 0 Å². The summed E-state index contributed by atoms with van der Waals surface area (Å²) < 4.78 is 5.04. The summed E-state index contributed by atoms with van der Waals surface area (Å²) in [6.45, 7) is 6.90. The van der Waals surface area contributed by atoms with Gasteiger partial charge in [-0.25, -0.2) is 0 Å². The summed E-state index contributed by atoms with van der Waals surface area (Å²) in [6.07, 6.45) is 5.10. The smallest absolute Gasteiger partial charge is 0.0462 e. The van der Waals surface area contributed by atoms with Crippen molar-refractivity contribution in [3.8, 4) is 0 Å². The van der Waals surface area contributed by atoms with Gasteiger partial charge in [-0.1, -0.05) is 0 Å². The van der Waals surface area contributed by atoms with Gasteiger partial charge >= 0.3 is 0 Å². The van der Waals surface area contributed by atoms with Crippen molar-refractivity contribution in [3.05, 3.63) is 0 Å². The zero-order valence-electron chi connectivity index (χ0n) is 11.2. The van der Waals surface area contributed by atoms with E-state index < -0.39 is 0 Å². The third kappa shape index (κ3) is 5.28. The summed E-state index contributed by atoms with van der Waals surface area (Å²) in [5, 5.41) is 3.65. The molecule has 1 fully saturated rings. The summed E-state index contributed by atoms with van der Waals surface area (Å²) in [4.78, 5) is 2.43. The highest BCUT2D eigenvalue weighted by Crippen LogP contribution is 2.19. The topological polar surface area (TPSA) is 24.5 Å². The zero-order valence-corrected chi connectivity index (χ0v) is 11.2. The third-order valence-corrected chi connectivity index (χ3v) is 3.71. The van der Waals surface area contributed by atoms with Crippen LogP contribution in [0.1, 0.15) is 32.6 Å². The SMILES string of the molecule is COCCCCNC(C)C1CCN(C)CC1. The number of rotatable bonds is 7. The van der Waals surface area contributed by atoms with E-state index in [1.165, 1.54) is 38.8 Å². The Morgan fingerprint density at radius 3 is 2.62 bits per heavy atom. The van der Waals surface area contributed by atoms with Crippen molar-refractivity contribution < 1.29 is 4.74 Å². The molecule has 1 aliphatic rings. The van der Waals surface area contributed by atoms with E-state index in [1.54, 1.807) is 7.11 Å². The van der Waals surface area contributed by atoms with Crippen molar-refractivity contribution in [3.63, 3.8) is 0 Å². The number of hydrogen-bond donors (Lipinski definition) is 1. The molecule has 1 aliphatic heterocycles. The standard InChI is InChI=1S/C13H28N2O/c1-12(14-8-4-5-11-16-3)13-6-9-15(2)10-7-13/h12-14H,4-11H2,1-3H3. The molecule has 3 nitrogen and oxygen atoms in total. The van der Waals surface area contributed by atoms with Gasteiger partial charge in [0, 0.05) is 19.8 Å². The maximum atomic E-state index is 5.04. The van der Waals surface area contributed by atoms with Crippen LogP contribution >= 0.6 is 0 Å². The summed E-state index contributed by atoms with van der Waals surface area (Å²) in [5.74, 6) is 0.874. The van der Waals surface area contributed by atoms with Gasteiger partial charge in [-0.2, -0.15) is 0 Å². The number of hydrogen-bond acceptors (Lipinski definition) is 3. The Balaban J connectivity index is 2.03. The van der Waals surface area contributed by atoms with Gasteiger partial charge in [-0.3, -0.25) is 0 Å². The normalized spacial score (nSPS) is 21.2. The summed E-state index contributed by atoms with van der Waals surface area (Å²) in [6, 6.07) is 0.677. The number of likely N-dealkylation sites (tertiary alicyclic amines) is 1. The minimum absolute atomic E-state index is 0.677. The molecule has 1 heterocycles. The van der Waals surface area contributed by atoms with Crippen molar-refractivity contribution in [2.75, 3.05) is 40.4 Å². The first-order valence-corrected chi connectivity index (χ1v) is 6.65. The van der Waals surface area contributed by atoms with E-state index in [2.05, 4.69) is 24.2 Å². The van der Waals surface area contributed by atoms with Crippen LogP contribution in [0.25, 0.3) is 0 Å². The van der Waals surface area contributed by atoms with Crippen LogP contribution in [-0.2, 0) is 4.74 Å². The number of ether oxygens (including phenoxy) is 1. The number of nitrogens with one attached hydrogen (secondary N) is 1. The summed E-state index contributed by atoms with van der Waals surface area (Å²) >= 11 is 0. The van der Waals surface area contributed by atoms with Gasteiger partial charge in [0.25, 0.3) is 0 Å². The Morgan fingerprint density at radius 2 is 2.00 bits per heavy atom. The van der Waals surface area contributed by atoms with Crippen LogP contribution in [0.2, 0.25) is 0 Å². The van der Waals surface area contributed by atoms with E-state index >= 15 is 0 Å². The van der Waals surface area contributed by atoms with Gasteiger partial charge in [0.15, 0.2) is 0 Å². The second-order valence-corrected chi connectivity index (χ2v) is 5.08. The molecule has 1 saturated heterocycles. The largest absolute Gasteiger partial charge is 0.385 e. The minimum Gasteiger partial charge on any atom is -0.385 e. The highest BCUT2D eigenvalue weighted by molar-refractivity contribution is 4.78. The molecule has 0 amide bonds. The quantitative estimate of drug-likeness (QED) is 0.672. The van der Waals surface area contributed by atoms with Crippen LogP contribution in [0.4, 0.5) is 0 Å². The molecule has 16 heavy (non-hydrogen) atoms. The van der Waals surface area contributed by atoms with Crippen LogP contribution in [0, 0.1) is 5.92 Å². The fourth-order valence-electron chi connectivity index (χ4n) is 2.40. The molecule has 0 aromatic carbocycles. The first kappa shape index (κ1) is 13.9. The molecule has 0 aromatic rings. The molecule has 96 valence electrons. The molecular weight excluding hydrogens is 200 g/mol. The van der Waals surface area contributed by atoms with Gasteiger partial charge in [-0.05, 0) is 65.2 Å². The molecule has 0 saturated carbocycles. The molecule has 3 heteroatoms. The van der Waals surface area contributed by atoms with Crippen LogP contribution in [0.3, 0.4) is 0 Å². The highest BCUT2D eigenvalue weighted by atomic mass is 16.5. The molecule has 0 bridgehead atoms. The maximum Gasteiger partial charge on any atom is 0.0462 e. The number of nitrogens with zero attached hydrogens (tertiary/aromatic N) is 1. The lowest BCUT2D eigenvalue weighted by atomic mass is 9.90. The fraction of sp³-hybridized carbons (Fsp3) is 1.00. The molecule has 0 spiro atoms. The lowest BCUT2D eigenvalue weighted by Crippen LogP contribution is -2.41. The number of methoxy groups -OCH3 is 1. The van der Waals surface area contributed by atoms with Gasteiger partial charge in [-0.15, -0.1) is 0 Å². The summed E-state index contributed by atoms with van der Waals surface area (Å²) in [7, 11) is 3.99. The van der Waals surface area contributed by atoms with E-state index in [4.69, 9.17) is 4.74 Å². The van der Waals surface area contributed by atoms with Crippen LogP contribution < -0.4 is 5.32 Å². The first-order valence-electron chi connectivity index (χ1n) is 6.65. The zero-order chi connectivity index (χ0) is 11.8. The molecular formula is C13H28N2O. The van der Waals surface area contributed by atoms with E-state index in [0.717, 1.165) is 19.1 Å². The predicted octanol–water partition coefficient (Wildman–Crippen LogP) is 1.73. The highest BCUT2D eigenvalue weighted by Gasteiger charge is 2.21. The molecule has 1 unspecified atom stereocenters. The number of piperidine rings is 1. The molecule has 1 N–H and O–H groups in total. The Morgan fingerprint density at radius 1 is 1.31 bits per heavy atom. The van der Waals surface area contributed by atoms with Crippen molar-refractivity contribution >= 4 is 0 Å². The monoisotopic (exact) mass is 228 g/mol. The molecule has 1 atom stereocenters. The van der Waals surface area contributed by atoms with Crippen molar-refractivity contribution in [1.29, 1.82) is 0 Å². The number of unbranched alkanes of at least 4 members (excludes halogenated alkanes) is 1. The molecule has 0 aliphatic carbocycles. The Labute approximate surface area is 101 Å². The minimum atomic E-state index is 0.677. The second-order valence-electron chi connectivity index (χ2n) is 5.08. The summed E-state index contributed by atoms with van der Waals surface area (Å²) in [5.41, 5.74) is 0. The Hall–Kier alpha value is -0.120. The first-order chi connectivity index (χ1) is 7.74. The van der Waals surface area contributed by atoms with E-state index in [-0.39, 0.29) is 0 Å². The van der Waals surface area contributed by atoms with E-state index in [9.17, 15) is 0 Å². The average Bonchev–Trinajstić information content (AvgIpc) is 2.29. The Kier molecular flexibility index (Phi) is 7.01. The molecule has 1 rings (SSSR count). The van der Waals surface area contributed by atoms with Crippen LogP contribution in [0.15, 0.2) is 0 Å². The van der Waals surface area contributed by atoms with Gasteiger partial charge in [0.2, 0.25) is 0 Å². The molecule has 0 aromatic heterocycles. The average molecular weight is 228 g/mol.